The summed E-state index contributed by atoms with van der Waals surface area (Å²) in [5, 5.41) is 27.2. The highest BCUT2D eigenvalue weighted by Crippen LogP contribution is 2.34. The Morgan fingerprint density at radius 1 is 1.34 bits per heavy atom. The minimum atomic E-state index is -1.94. The van der Waals surface area contributed by atoms with Crippen molar-refractivity contribution in [2.45, 2.75) is 63.3 Å². The number of carbonyl (C=O) groups is 3. The number of thioether (sulfide) groups is 1. The molecular weight excluding hydrogens is 514 g/mol. The van der Waals surface area contributed by atoms with Crippen LogP contribution in [0.2, 0.25) is 0 Å². The van der Waals surface area contributed by atoms with Crippen molar-refractivity contribution in [3.05, 3.63) is 42.0 Å². The third kappa shape index (κ3) is 11.2. The van der Waals surface area contributed by atoms with E-state index < -0.39 is 36.1 Å². The lowest BCUT2D eigenvalue weighted by Gasteiger charge is -2.46. The maximum Gasteiger partial charge on any atom is 0.385 e. The lowest BCUT2D eigenvalue weighted by Crippen LogP contribution is -2.66. The number of rotatable bonds is 14. The second kappa shape index (κ2) is 18.9. The number of hydrogen-bond acceptors (Lipinski definition) is 11. The molecular formula is C26H41N3O8S. The number of aliphatic hydroxyl groups is 2. The number of benzene rings is 1. The van der Waals surface area contributed by atoms with Gasteiger partial charge in [-0.2, -0.15) is 17.7 Å². The summed E-state index contributed by atoms with van der Waals surface area (Å²) in [7, 11) is 1.62. The van der Waals surface area contributed by atoms with E-state index in [1.807, 2.05) is 37.3 Å². The van der Waals surface area contributed by atoms with E-state index in [0.29, 0.717) is 6.42 Å². The predicted octanol–water partition coefficient (Wildman–Crippen LogP) is 0.783. The van der Waals surface area contributed by atoms with Crippen LogP contribution in [-0.4, -0.2) is 90.2 Å². The summed E-state index contributed by atoms with van der Waals surface area (Å²) in [6.07, 6.45) is 1.16. The molecule has 1 aromatic rings. The second-order valence-electron chi connectivity index (χ2n) is 8.35. The fourth-order valence-corrected chi connectivity index (χ4v) is 4.47. The van der Waals surface area contributed by atoms with Crippen molar-refractivity contribution in [2.75, 3.05) is 31.7 Å². The standard InChI is InChI=1S/C24H37N3O7S.C2H4O/c1-3-35-15-7-14-32-24(23(31)34-25)16-19(29)21(26-2)22(33-24)18(28)12-13-27-20(30)11-10-17-8-5-4-6-9-17;1-2-3/h4-6,8-11,18-19,21-22,26,28-29H,3,7,12-16,25H2,1-2H3,(H,27,30);2H,1H3/b11-10+;/t18?,19?,21-,22?,24-;/m1./s1. The van der Waals surface area contributed by atoms with E-state index >= 15 is 0 Å². The molecule has 6 N–H and O–H groups in total. The Balaban J connectivity index is 0.00000229. The van der Waals surface area contributed by atoms with Crippen LogP contribution < -0.4 is 16.5 Å². The first kappa shape index (κ1) is 33.7. The SMILES string of the molecule is CC=O.CCSCCCO[C@]1(C(=O)ON)CC(O)[C@@H](NC)C(C(O)CCNC(=O)/C=C/c2ccccc2)O1. The van der Waals surface area contributed by atoms with Gasteiger partial charge in [0.25, 0.3) is 5.79 Å². The molecule has 2 rings (SSSR count). The van der Waals surface area contributed by atoms with Crippen molar-refractivity contribution >= 4 is 36.0 Å². The molecule has 1 heterocycles. The van der Waals surface area contributed by atoms with E-state index in [9.17, 15) is 19.8 Å². The predicted molar refractivity (Wildman–Crippen MR) is 146 cm³/mol. The quantitative estimate of drug-likeness (QED) is 0.0952. The Hall–Kier alpha value is -2.32. The number of hydrogen-bond donors (Lipinski definition) is 5. The third-order valence-electron chi connectivity index (χ3n) is 5.64. The number of amides is 1. The molecule has 0 aromatic heterocycles. The molecule has 1 amide bonds. The van der Waals surface area contributed by atoms with Gasteiger partial charge in [-0.25, -0.2) is 4.79 Å². The van der Waals surface area contributed by atoms with Gasteiger partial charge in [-0.1, -0.05) is 37.3 Å². The van der Waals surface area contributed by atoms with Gasteiger partial charge in [0.05, 0.1) is 24.9 Å². The molecule has 0 saturated carbocycles. The maximum absolute atomic E-state index is 12.5. The molecule has 11 nitrogen and oxygen atoms in total. The highest BCUT2D eigenvalue weighted by atomic mass is 32.2. The van der Waals surface area contributed by atoms with Gasteiger partial charge in [-0.05, 0) is 50.0 Å². The molecule has 1 aromatic carbocycles. The first-order valence-corrected chi connectivity index (χ1v) is 13.7. The topological polar surface area (TPSA) is 169 Å². The number of carbonyl (C=O) groups excluding carboxylic acids is 3. The number of nitrogens with two attached hydrogens (primary N) is 1. The van der Waals surface area contributed by atoms with E-state index in [2.05, 4.69) is 15.5 Å². The number of nitrogens with one attached hydrogen (secondary N) is 2. The summed E-state index contributed by atoms with van der Waals surface area (Å²) in [5.74, 6) is 3.69. The molecule has 3 unspecified atom stereocenters. The van der Waals surface area contributed by atoms with Gasteiger partial charge in [-0.15, -0.1) is 0 Å². The van der Waals surface area contributed by atoms with Crippen LogP contribution in [0.3, 0.4) is 0 Å². The molecule has 1 fully saturated rings. The van der Waals surface area contributed by atoms with Crippen LogP contribution >= 0.6 is 11.8 Å². The molecule has 1 aliphatic rings. The van der Waals surface area contributed by atoms with Gasteiger partial charge in [0.2, 0.25) is 5.91 Å². The van der Waals surface area contributed by atoms with Crippen LogP contribution in [-0.2, 0) is 28.7 Å². The molecule has 1 aliphatic heterocycles. The van der Waals surface area contributed by atoms with E-state index in [1.54, 1.807) is 24.9 Å². The zero-order valence-corrected chi connectivity index (χ0v) is 23.0. The van der Waals surface area contributed by atoms with Gasteiger partial charge < -0.3 is 40.0 Å². The summed E-state index contributed by atoms with van der Waals surface area (Å²) < 4.78 is 11.7. The lowest BCUT2D eigenvalue weighted by atomic mass is 9.89. The van der Waals surface area contributed by atoms with E-state index in [0.717, 1.165) is 23.4 Å². The van der Waals surface area contributed by atoms with E-state index in [4.69, 9.17) is 20.2 Å². The first-order chi connectivity index (χ1) is 18.3. The number of ether oxygens (including phenoxy) is 2. The highest BCUT2D eigenvalue weighted by Gasteiger charge is 2.55. The van der Waals surface area contributed by atoms with Gasteiger partial charge in [0.1, 0.15) is 12.4 Å². The maximum atomic E-state index is 12.5. The smallest absolute Gasteiger partial charge is 0.385 e. The zero-order chi connectivity index (χ0) is 28.4. The second-order valence-corrected chi connectivity index (χ2v) is 9.75. The molecule has 0 radical (unpaired) electrons. The van der Waals surface area contributed by atoms with Gasteiger partial charge in [0.15, 0.2) is 0 Å². The average molecular weight is 556 g/mol. The molecule has 5 atom stereocenters. The number of aldehydes is 1. The minimum absolute atomic E-state index is 0.112. The summed E-state index contributed by atoms with van der Waals surface area (Å²) in [5.41, 5.74) is 0.889. The Bertz CT molecular complexity index is 860. The summed E-state index contributed by atoms with van der Waals surface area (Å²) >= 11 is 1.73. The fourth-order valence-electron chi connectivity index (χ4n) is 3.85. The van der Waals surface area contributed by atoms with Crippen molar-refractivity contribution < 1.29 is 38.9 Å². The minimum Gasteiger partial charge on any atom is -0.391 e. The lowest BCUT2D eigenvalue weighted by molar-refractivity contribution is -0.309. The Morgan fingerprint density at radius 3 is 2.63 bits per heavy atom. The summed E-state index contributed by atoms with van der Waals surface area (Å²) in [4.78, 5) is 37.9. The highest BCUT2D eigenvalue weighted by molar-refractivity contribution is 7.99. The van der Waals surface area contributed by atoms with E-state index in [-0.39, 0.29) is 31.9 Å². The number of likely N-dealkylation sites (N-methyl/N-ethyl adjacent to an activating group) is 1. The van der Waals surface area contributed by atoms with Crippen LogP contribution in [0.25, 0.3) is 6.08 Å². The Labute approximate surface area is 228 Å². The Morgan fingerprint density at radius 2 is 2.03 bits per heavy atom. The van der Waals surface area contributed by atoms with Crippen LogP contribution in [0.1, 0.15) is 38.7 Å². The van der Waals surface area contributed by atoms with Crippen molar-refractivity contribution in [1.82, 2.24) is 10.6 Å². The molecule has 12 heteroatoms. The third-order valence-corrected chi connectivity index (χ3v) is 6.63. The average Bonchev–Trinajstić information content (AvgIpc) is 2.92. The molecule has 38 heavy (non-hydrogen) atoms. The monoisotopic (exact) mass is 555 g/mol. The fraction of sp³-hybridized carbons (Fsp3) is 0.577. The van der Waals surface area contributed by atoms with Gasteiger partial charge >= 0.3 is 5.97 Å². The van der Waals surface area contributed by atoms with Crippen LogP contribution in [0.15, 0.2) is 36.4 Å². The van der Waals surface area contributed by atoms with E-state index in [1.165, 1.54) is 13.0 Å². The van der Waals surface area contributed by atoms with Gasteiger partial charge in [-0.3, -0.25) is 4.79 Å². The first-order valence-electron chi connectivity index (χ1n) is 12.5. The summed E-state index contributed by atoms with van der Waals surface area (Å²) in [6.45, 7) is 3.83. The van der Waals surface area contributed by atoms with Crippen LogP contribution in [0, 0.1) is 0 Å². The van der Waals surface area contributed by atoms with Crippen molar-refractivity contribution in [2.24, 2.45) is 5.90 Å². The largest absolute Gasteiger partial charge is 0.391 e. The molecule has 0 aliphatic carbocycles. The Kier molecular flexibility index (Phi) is 16.7. The number of aliphatic hydroxyl groups excluding tert-OH is 2. The molecule has 1 saturated heterocycles. The van der Waals surface area contributed by atoms with Gasteiger partial charge in [0, 0.05) is 19.0 Å². The van der Waals surface area contributed by atoms with Crippen molar-refractivity contribution in [1.29, 1.82) is 0 Å². The molecule has 0 bridgehead atoms. The van der Waals surface area contributed by atoms with Crippen LogP contribution in [0.4, 0.5) is 0 Å². The van der Waals surface area contributed by atoms with Crippen LogP contribution in [0.5, 0.6) is 0 Å². The zero-order valence-electron chi connectivity index (χ0n) is 22.2. The summed E-state index contributed by atoms with van der Waals surface area (Å²) in [6, 6.07) is 8.70. The molecule has 0 spiro atoms. The molecule has 214 valence electrons. The van der Waals surface area contributed by atoms with Crippen molar-refractivity contribution in [3.8, 4) is 0 Å². The normalized spacial score (nSPS) is 23.7. The van der Waals surface area contributed by atoms with Crippen molar-refractivity contribution in [3.63, 3.8) is 0 Å².